The van der Waals surface area contributed by atoms with Crippen LogP contribution >= 0.6 is 11.6 Å². The molecule has 2 amide bonds. The molecule has 11 nitrogen and oxygen atoms in total. The van der Waals surface area contributed by atoms with E-state index in [1.807, 2.05) is 6.92 Å². The van der Waals surface area contributed by atoms with Gasteiger partial charge in [0.25, 0.3) is 5.91 Å². The lowest BCUT2D eigenvalue weighted by molar-refractivity contribution is -0.131. The molecule has 0 spiro atoms. The van der Waals surface area contributed by atoms with Crippen LogP contribution in [0, 0.1) is 0 Å². The third-order valence-electron chi connectivity index (χ3n) is 5.54. The minimum atomic E-state index is -0.427. The summed E-state index contributed by atoms with van der Waals surface area (Å²) in [5.41, 5.74) is 1.64. The normalized spacial score (nSPS) is 14.4. The molecule has 0 unspecified atom stereocenters. The van der Waals surface area contributed by atoms with Crippen LogP contribution in [-0.2, 0) is 16.1 Å². The number of anilines is 1. The number of fused-ring (bicyclic) bond motifs is 1. The number of methoxy groups -OCH3 is 1. The predicted molar refractivity (Wildman–Crippen MR) is 128 cm³/mol. The number of hydrogen-bond acceptors (Lipinski definition) is 7. The average Bonchev–Trinajstić information content (AvgIpc) is 3.42. The number of benzene rings is 1. The maximum atomic E-state index is 13.2. The van der Waals surface area contributed by atoms with Gasteiger partial charge in [-0.3, -0.25) is 14.3 Å². The van der Waals surface area contributed by atoms with Gasteiger partial charge < -0.3 is 20.1 Å². The fraction of sp³-hybridized carbons (Fsp3) is 0.261. The highest BCUT2D eigenvalue weighted by atomic mass is 35.5. The number of amides is 2. The van der Waals surface area contributed by atoms with Crippen molar-refractivity contribution in [2.45, 2.75) is 19.0 Å². The van der Waals surface area contributed by atoms with Crippen molar-refractivity contribution in [3.8, 4) is 17.0 Å². The molecule has 1 aromatic carbocycles. The van der Waals surface area contributed by atoms with Gasteiger partial charge in [-0.15, -0.1) is 0 Å². The molecule has 1 saturated heterocycles. The summed E-state index contributed by atoms with van der Waals surface area (Å²) in [4.78, 5) is 30.0. The number of rotatable bonds is 7. The molecular weight excluding hydrogens is 474 g/mol. The third kappa shape index (κ3) is 4.55. The molecular formula is C23H22ClN7O4. The fourth-order valence-electron chi connectivity index (χ4n) is 3.84. The molecule has 0 radical (unpaired) electrons. The Kier molecular flexibility index (Phi) is 5.87. The Labute approximate surface area is 205 Å². The van der Waals surface area contributed by atoms with Crippen LogP contribution in [0.5, 0.6) is 5.75 Å². The first-order chi connectivity index (χ1) is 16.8. The zero-order chi connectivity index (χ0) is 24.6. The van der Waals surface area contributed by atoms with E-state index in [1.165, 1.54) is 22.5 Å². The van der Waals surface area contributed by atoms with Crippen LogP contribution in [0.1, 0.15) is 17.3 Å². The quantitative estimate of drug-likeness (QED) is 0.403. The largest absolute Gasteiger partial charge is 0.496 e. The van der Waals surface area contributed by atoms with Crippen LogP contribution in [0.3, 0.4) is 0 Å². The van der Waals surface area contributed by atoms with Gasteiger partial charge in [0.15, 0.2) is 5.65 Å². The van der Waals surface area contributed by atoms with Gasteiger partial charge in [0, 0.05) is 29.2 Å². The van der Waals surface area contributed by atoms with Crippen molar-refractivity contribution in [3.63, 3.8) is 0 Å². The second-order valence-electron chi connectivity index (χ2n) is 8.44. The van der Waals surface area contributed by atoms with E-state index >= 15 is 0 Å². The van der Waals surface area contributed by atoms with Gasteiger partial charge in [-0.25, -0.2) is 9.50 Å². The molecule has 180 valence electrons. The molecule has 4 aromatic rings. The van der Waals surface area contributed by atoms with E-state index in [4.69, 9.17) is 21.1 Å². The second-order valence-corrected chi connectivity index (χ2v) is 8.87. The monoisotopic (exact) mass is 495 g/mol. The molecule has 0 aliphatic carbocycles. The lowest BCUT2D eigenvalue weighted by atomic mass is 10.0. The van der Waals surface area contributed by atoms with Crippen molar-refractivity contribution in [1.82, 2.24) is 29.7 Å². The van der Waals surface area contributed by atoms with Crippen LogP contribution in [-0.4, -0.2) is 62.1 Å². The van der Waals surface area contributed by atoms with Gasteiger partial charge in [0.05, 0.1) is 37.7 Å². The van der Waals surface area contributed by atoms with Gasteiger partial charge in [0.2, 0.25) is 5.91 Å². The molecule has 0 atom stereocenters. The number of ether oxygens (including phenoxy) is 2. The standard InChI is InChI=1S/C23H22ClN7O4/c1-23(12-35-13-23)28-19(32)11-30-10-17(20(29-30)15-8-14(24)4-5-18(15)34-2)27-22(33)16-9-26-31-7-3-6-25-21(16)31/h3-10H,11-13H2,1-2H3,(H,27,33)(H,28,32). The first-order valence-electron chi connectivity index (χ1n) is 10.7. The van der Waals surface area contributed by atoms with E-state index in [-0.39, 0.29) is 18.0 Å². The number of hydrogen-bond donors (Lipinski definition) is 2. The van der Waals surface area contributed by atoms with Gasteiger partial charge >= 0.3 is 0 Å². The van der Waals surface area contributed by atoms with E-state index in [2.05, 4.69) is 25.8 Å². The molecule has 0 saturated carbocycles. The lowest BCUT2D eigenvalue weighted by Gasteiger charge is -2.38. The SMILES string of the molecule is COc1ccc(Cl)cc1-c1nn(CC(=O)NC2(C)COC2)cc1NC(=O)c1cnn2cccnc12. The van der Waals surface area contributed by atoms with E-state index in [0.717, 1.165) is 0 Å². The van der Waals surface area contributed by atoms with Crippen molar-refractivity contribution >= 4 is 34.7 Å². The smallest absolute Gasteiger partial charge is 0.261 e. The predicted octanol–water partition coefficient (Wildman–Crippen LogP) is 2.41. The Balaban J connectivity index is 1.49. The number of carbonyl (C=O) groups excluding carboxylic acids is 2. The summed E-state index contributed by atoms with van der Waals surface area (Å²) in [5.74, 6) is -0.145. The van der Waals surface area contributed by atoms with Gasteiger partial charge in [-0.05, 0) is 31.2 Å². The van der Waals surface area contributed by atoms with Crippen LogP contribution < -0.4 is 15.4 Å². The van der Waals surface area contributed by atoms with E-state index in [9.17, 15) is 9.59 Å². The molecule has 4 heterocycles. The highest BCUT2D eigenvalue weighted by Gasteiger charge is 2.34. The van der Waals surface area contributed by atoms with Crippen LogP contribution in [0.15, 0.2) is 49.1 Å². The first kappa shape index (κ1) is 22.8. The Morgan fingerprint density at radius 1 is 1.31 bits per heavy atom. The fourth-order valence-corrected chi connectivity index (χ4v) is 4.01. The highest BCUT2D eigenvalue weighted by molar-refractivity contribution is 6.31. The number of nitrogens with one attached hydrogen (secondary N) is 2. The summed E-state index contributed by atoms with van der Waals surface area (Å²) < 4.78 is 13.6. The van der Waals surface area contributed by atoms with E-state index < -0.39 is 11.4 Å². The molecule has 12 heteroatoms. The zero-order valence-electron chi connectivity index (χ0n) is 19.0. The average molecular weight is 496 g/mol. The van der Waals surface area contributed by atoms with Gasteiger partial charge in [-0.1, -0.05) is 11.6 Å². The van der Waals surface area contributed by atoms with Crippen molar-refractivity contribution in [2.75, 3.05) is 25.6 Å². The number of nitrogens with zero attached hydrogens (tertiary/aromatic N) is 5. The highest BCUT2D eigenvalue weighted by Crippen LogP contribution is 2.36. The Morgan fingerprint density at radius 2 is 2.14 bits per heavy atom. The molecule has 2 N–H and O–H groups in total. The molecule has 3 aromatic heterocycles. The van der Waals surface area contributed by atoms with Gasteiger partial charge in [0.1, 0.15) is 23.6 Å². The molecule has 5 rings (SSSR count). The molecule has 35 heavy (non-hydrogen) atoms. The maximum Gasteiger partial charge on any atom is 0.261 e. The summed E-state index contributed by atoms with van der Waals surface area (Å²) in [6, 6.07) is 6.81. The second kappa shape index (κ2) is 9.01. The number of carbonyl (C=O) groups is 2. The van der Waals surface area contributed by atoms with Crippen molar-refractivity contribution in [3.05, 3.63) is 59.6 Å². The minimum absolute atomic E-state index is 0.0559. The summed E-state index contributed by atoms with van der Waals surface area (Å²) in [5, 5.41) is 15.0. The molecule has 1 fully saturated rings. The minimum Gasteiger partial charge on any atom is -0.496 e. The summed E-state index contributed by atoms with van der Waals surface area (Å²) in [6.45, 7) is 2.77. The molecule has 1 aliphatic rings. The van der Waals surface area contributed by atoms with Crippen LogP contribution in [0.2, 0.25) is 5.02 Å². The summed E-state index contributed by atoms with van der Waals surface area (Å²) in [6.07, 6.45) is 6.31. The molecule has 1 aliphatic heterocycles. The van der Waals surface area contributed by atoms with Crippen LogP contribution in [0.4, 0.5) is 5.69 Å². The zero-order valence-corrected chi connectivity index (χ0v) is 19.7. The lowest BCUT2D eigenvalue weighted by Crippen LogP contribution is -2.60. The van der Waals surface area contributed by atoms with E-state index in [0.29, 0.717) is 46.6 Å². The van der Waals surface area contributed by atoms with Crippen molar-refractivity contribution in [1.29, 1.82) is 0 Å². The maximum absolute atomic E-state index is 13.2. The Morgan fingerprint density at radius 3 is 2.89 bits per heavy atom. The van der Waals surface area contributed by atoms with Crippen molar-refractivity contribution in [2.24, 2.45) is 0 Å². The first-order valence-corrected chi connectivity index (χ1v) is 11.1. The number of aromatic nitrogens is 5. The molecule has 0 bridgehead atoms. The third-order valence-corrected chi connectivity index (χ3v) is 5.77. The Hall–Kier alpha value is -3.96. The van der Waals surface area contributed by atoms with E-state index in [1.54, 1.807) is 42.9 Å². The van der Waals surface area contributed by atoms with Gasteiger partial charge in [-0.2, -0.15) is 10.2 Å². The Bertz CT molecular complexity index is 1430. The van der Waals surface area contributed by atoms with Crippen molar-refractivity contribution < 1.29 is 19.1 Å². The van der Waals surface area contributed by atoms with Crippen LogP contribution in [0.25, 0.3) is 16.9 Å². The number of halogens is 1. The summed E-state index contributed by atoms with van der Waals surface area (Å²) in [7, 11) is 1.53. The topological polar surface area (TPSA) is 125 Å². The summed E-state index contributed by atoms with van der Waals surface area (Å²) >= 11 is 6.24.